The van der Waals surface area contributed by atoms with E-state index in [1.54, 1.807) is 12.3 Å². The molecule has 0 saturated carbocycles. The maximum absolute atomic E-state index is 13.1. The Morgan fingerprint density at radius 2 is 2.07 bits per heavy atom. The van der Waals surface area contributed by atoms with Crippen LogP contribution in [-0.4, -0.2) is 53.0 Å². The minimum Gasteiger partial charge on any atom is -0.461 e. The highest BCUT2D eigenvalue weighted by Crippen LogP contribution is 2.25. The second kappa shape index (κ2) is 11.6. The van der Waals surface area contributed by atoms with Crippen molar-refractivity contribution in [3.8, 4) is 0 Å². The number of hydrogen-bond acceptors (Lipinski definition) is 8. The third kappa shape index (κ3) is 6.48. The number of halogens is 1. The molecule has 0 aliphatic rings. The van der Waals surface area contributed by atoms with E-state index in [1.807, 2.05) is 6.92 Å². The van der Waals surface area contributed by atoms with Crippen LogP contribution in [0.5, 0.6) is 0 Å². The number of hydrogen-bond donors (Lipinski definition) is 0. The van der Waals surface area contributed by atoms with Crippen molar-refractivity contribution >= 4 is 40.5 Å². The van der Waals surface area contributed by atoms with Gasteiger partial charge in [0.1, 0.15) is 5.01 Å². The van der Waals surface area contributed by atoms with E-state index in [9.17, 15) is 19.7 Å². The Bertz CT molecular complexity index is 904. The van der Waals surface area contributed by atoms with Crippen molar-refractivity contribution in [3.63, 3.8) is 0 Å². The number of carbonyl (C=O) groups is 2. The van der Waals surface area contributed by atoms with Crippen molar-refractivity contribution < 1.29 is 24.0 Å². The molecule has 0 fully saturated rings. The molecular weight excluding hydrogens is 434 g/mol. The van der Waals surface area contributed by atoms with Crippen LogP contribution in [0.3, 0.4) is 0 Å². The molecule has 0 unspecified atom stereocenters. The maximum atomic E-state index is 13.1. The highest BCUT2D eigenvalue weighted by Gasteiger charge is 2.22. The lowest BCUT2D eigenvalue weighted by Crippen LogP contribution is -2.32. The molecule has 0 radical (unpaired) electrons. The van der Waals surface area contributed by atoms with Gasteiger partial charge in [-0.2, -0.15) is 0 Å². The summed E-state index contributed by atoms with van der Waals surface area (Å²) in [6.45, 7) is 5.39. The van der Waals surface area contributed by atoms with Gasteiger partial charge in [-0.1, -0.05) is 11.6 Å². The van der Waals surface area contributed by atoms with Crippen LogP contribution in [0.15, 0.2) is 23.6 Å². The fraction of sp³-hybridized carbons (Fsp3) is 0.421. The molecule has 0 N–H and O–H groups in total. The first-order valence-corrected chi connectivity index (χ1v) is 10.6. The van der Waals surface area contributed by atoms with Gasteiger partial charge in [-0.3, -0.25) is 14.9 Å². The van der Waals surface area contributed by atoms with E-state index < -0.39 is 10.9 Å². The number of ether oxygens (including phenoxy) is 2. The third-order valence-electron chi connectivity index (χ3n) is 3.96. The van der Waals surface area contributed by atoms with E-state index >= 15 is 0 Å². The van der Waals surface area contributed by atoms with Crippen molar-refractivity contribution in [2.75, 3.05) is 26.4 Å². The number of benzene rings is 1. The first-order chi connectivity index (χ1) is 14.4. The van der Waals surface area contributed by atoms with Crippen LogP contribution in [-0.2, 0) is 16.0 Å². The molecule has 1 amide bonds. The zero-order valence-corrected chi connectivity index (χ0v) is 18.2. The number of non-ortho nitro benzene ring substituents is 1. The van der Waals surface area contributed by atoms with Crippen LogP contribution in [0.4, 0.5) is 5.69 Å². The molecule has 1 aromatic carbocycles. The number of nitro benzene ring substituents is 1. The third-order valence-corrected chi connectivity index (χ3v) is 5.11. The highest BCUT2D eigenvalue weighted by molar-refractivity contribution is 7.09. The van der Waals surface area contributed by atoms with Gasteiger partial charge in [0, 0.05) is 37.3 Å². The Morgan fingerprint density at radius 1 is 1.30 bits per heavy atom. The standard InChI is InChI=1S/C19H22ClN3O6S/c1-3-28-9-5-8-22(11-17-21-16(12-30-17)19(25)29-4-2)18(24)14-7-6-13(23(26)27)10-15(14)20/h6-7,10,12H,3-5,8-9,11H2,1-2H3. The van der Waals surface area contributed by atoms with Gasteiger partial charge in [0.2, 0.25) is 0 Å². The van der Waals surface area contributed by atoms with Gasteiger partial charge >= 0.3 is 5.97 Å². The van der Waals surface area contributed by atoms with Gasteiger partial charge in [-0.25, -0.2) is 9.78 Å². The Hall–Kier alpha value is -2.56. The lowest BCUT2D eigenvalue weighted by molar-refractivity contribution is -0.384. The minimum absolute atomic E-state index is 0.00430. The second-order valence-electron chi connectivity index (χ2n) is 6.05. The number of nitro groups is 1. The maximum Gasteiger partial charge on any atom is 0.357 e. The summed E-state index contributed by atoms with van der Waals surface area (Å²) in [6, 6.07) is 3.72. The zero-order valence-electron chi connectivity index (χ0n) is 16.6. The SMILES string of the molecule is CCOCCCN(Cc1nc(C(=O)OCC)cs1)C(=O)c1ccc([N+](=O)[O-])cc1Cl. The van der Waals surface area contributed by atoms with E-state index in [0.717, 1.165) is 6.07 Å². The molecule has 30 heavy (non-hydrogen) atoms. The zero-order chi connectivity index (χ0) is 22.1. The summed E-state index contributed by atoms with van der Waals surface area (Å²) in [4.78, 5) is 41.0. The van der Waals surface area contributed by atoms with Crippen LogP contribution < -0.4 is 0 Å². The van der Waals surface area contributed by atoms with Crippen molar-refractivity contribution in [1.82, 2.24) is 9.88 Å². The molecule has 0 aliphatic carbocycles. The molecule has 0 bridgehead atoms. The van der Waals surface area contributed by atoms with Gasteiger partial charge in [0.25, 0.3) is 11.6 Å². The lowest BCUT2D eigenvalue weighted by Gasteiger charge is -2.22. The Balaban J connectivity index is 2.21. The summed E-state index contributed by atoms with van der Waals surface area (Å²) >= 11 is 7.37. The summed E-state index contributed by atoms with van der Waals surface area (Å²) in [5.74, 6) is -0.910. The first kappa shape index (κ1) is 23.7. The average Bonchev–Trinajstić information content (AvgIpc) is 3.18. The van der Waals surface area contributed by atoms with Crippen LogP contribution in [0.2, 0.25) is 5.02 Å². The van der Waals surface area contributed by atoms with Crippen molar-refractivity contribution in [3.05, 3.63) is 55.0 Å². The van der Waals surface area contributed by atoms with Crippen LogP contribution in [0, 0.1) is 10.1 Å². The summed E-state index contributed by atoms with van der Waals surface area (Å²) in [6.07, 6.45) is 0.584. The smallest absolute Gasteiger partial charge is 0.357 e. The van der Waals surface area contributed by atoms with Gasteiger partial charge in [0.15, 0.2) is 5.69 Å². The molecule has 1 aromatic heterocycles. The Kier molecular flexibility index (Phi) is 9.15. The van der Waals surface area contributed by atoms with E-state index in [-0.39, 0.29) is 41.0 Å². The Labute approximate surface area is 182 Å². The number of esters is 1. The summed E-state index contributed by atoms with van der Waals surface area (Å²) in [7, 11) is 0. The topological polar surface area (TPSA) is 112 Å². The van der Waals surface area contributed by atoms with Gasteiger partial charge in [-0.05, 0) is 26.3 Å². The van der Waals surface area contributed by atoms with E-state index in [4.69, 9.17) is 21.1 Å². The van der Waals surface area contributed by atoms with Gasteiger partial charge in [-0.15, -0.1) is 11.3 Å². The quantitative estimate of drug-likeness (QED) is 0.218. The summed E-state index contributed by atoms with van der Waals surface area (Å²) in [5, 5.41) is 13.0. The van der Waals surface area contributed by atoms with E-state index in [2.05, 4.69) is 4.98 Å². The molecule has 0 aliphatic heterocycles. The van der Waals surface area contributed by atoms with Crippen molar-refractivity contribution in [2.45, 2.75) is 26.8 Å². The number of thiazole rings is 1. The number of amides is 1. The summed E-state index contributed by atoms with van der Waals surface area (Å²) < 4.78 is 10.3. The number of nitrogens with zero attached hydrogens (tertiary/aromatic N) is 3. The van der Waals surface area contributed by atoms with Crippen LogP contribution >= 0.6 is 22.9 Å². The molecule has 11 heteroatoms. The highest BCUT2D eigenvalue weighted by atomic mass is 35.5. The molecular formula is C19H22ClN3O6S. The molecule has 162 valence electrons. The molecule has 1 heterocycles. The number of rotatable bonds is 11. The molecule has 2 aromatic rings. The van der Waals surface area contributed by atoms with Crippen LogP contribution in [0.1, 0.15) is 46.1 Å². The van der Waals surface area contributed by atoms with Crippen molar-refractivity contribution in [2.24, 2.45) is 0 Å². The van der Waals surface area contributed by atoms with Gasteiger partial charge < -0.3 is 14.4 Å². The second-order valence-corrected chi connectivity index (χ2v) is 7.40. The van der Waals surface area contributed by atoms with Crippen LogP contribution in [0.25, 0.3) is 0 Å². The average molecular weight is 456 g/mol. The molecule has 2 rings (SSSR count). The predicted molar refractivity (Wildman–Crippen MR) is 112 cm³/mol. The summed E-state index contributed by atoms with van der Waals surface area (Å²) in [5.41, 5.74) is 0.145. The molecule has 0 saturated heterocycles. The minimum atomic E-state index is -0.577. The number of carbonyl (C=O) groups excluding carboxylic acids is 2. The molecule has 0 atom stereocenters. The van der Waals surface area contributed by atoms with Crippen molar-refractivity contribution in [1.29, 1.82) is 0 Å². The number of aromatic nitrogens is 1. The molecule has 9 nitrogen and oxygen atoms in total. The predicted octanol–water partition coefficient (Wildman–Crippen LogP) is 3.95. The lowest BCUT2D eigenvalue weighted by atomic mass is 10.1. The molecule has 0 spiro atoms. The normalized spacial score (nSPS) is 10.6. The monoisotopic (exact) mass is 455 g/mol. The van der Waals surface area contributed by atoms with E-state index in [1.165, 1.54) is 28.4 Å². The first-order valence-electron chi connectivity index (χ1n) is 9.29. The largest absolute Gasteiger partial charge is 0.461 e. The van der Waals surface area contributed by atoms with E-state index in [0.29, 0.717) is 31.2 Å². The fourth-order valence-electron chi connectivity index (χ4n) is 2.56. The van der Waals surface area contributed by atoms with Gasteiger partial charge in [0.05, 0.1) is 28.7 Å². The fourth-order valence-corrected chi connectivity index (χ4v) is 3.59. The Morgan fingerprint density at radius 3 is 2.70 bits per heavy atom.